The van der Waals surface area contributed by atoms with Crippen molar-refractivity contribution in [1.29, 1.82) is 0 Å². The second-order valence-electron chi connectivity index (χ2n) is 3.93. The lowest BCUT2D eigenvalue weighted by Crippen LogP contribution is -2.34. The lowest BCUT2D eigenvalue weighted by Gasteiger charge is -2.10. The third kappa shape index (κ3) is 3.04. The van der Waals surface area contributed by atoms with E-state index in [1.54, 1.807) is 0 Å². The Bertz CT molecular complexity index is 188. The van der Waals surface area contributed by atoms with E-state index in [9.17, 15) is 4.21 Å². The van der Waals surface area contributed by atoms with Gasteiger partial charge in [0.15, 0.2) is 0 Å². The van der Waals surface area contributed by atoms with E-state index in [-0.39, 0.29) is 0 Å². The summed E-state index contributed by atoms with van der Waals surface area (Å²) in [6.07, 6.45) is 3.60. The van der Waals surface area contributed by atoms with Gasteiger partial charge in [-0.15, -0.1) is 0 Å². The molecular weight excluding hydrogens is 184 g/mol. The first-order chi connectivity index (χ1) is 6.36. The molecule has 0 radical (unpaired) electrons. The zero-order chi connectivity index (χ0) is 9.10. The molecule has 0 aromatic carbocycles. The summed E-state index contributed by atoms with van der Waals surface area (Å²) in [6.45, 7) is 3.13. The van der Waals surface area contributed by atoms with E-state index in [1.807, 2.05) is 0 Å². The maximum absolute atomic E-state index is 11.4. The van der Waals surface area contributed by atoms with E-state index < -0.39 is 10.8 Å². The monoisotopic (exact) mass is 202 g/mol. The highest BCUT2D eigenvalue weighted by atomic mass is 32.2. The second kappa shape index (κ2) is 4.53. The highest BCUT2D eigenvalue weighted by molar-refractivity contribution is 7.85. The van der Waals surface area contributed by atoms with Crippen LogP contribution in [0.15, 0.2) is 0 Å². The minimum absolute atomic E-state index is 0.544. The Morgan fingerprint density at radius 3 is 2.85 bits per heavy atom. The molecule has 2 fully saturated rings. The molecule has 3 nitrogen and oxygen atoms in total. The molecule has 2 rings (SSSR count). The Morgan fingerprint density at radius 1 is 1.38 bits per heavy atom. The summed E-state index contributed by atoms with van der Waals surface area (Å²) in [5, 5.41) is 7.29. The van der Waals surface area contributed by atoms with Crippen molar-refractivity contribution in [2.45, 2.75) is 30.6 Å². The van der Waals surface area contributed by atoms with Crippen LogP contribution in [0, 0.1) is 0 Å². The largest absolute Gasteiger partial charge is 0.315 e. The maximum Gasteiger partial charge on any atom is 0.0362 e. The Kier molecular flexibility index (Phi) is 3.35. The fraction of sp³-hybridized carbons (Fsp3) is 1.00. The van der Waals surface area contributed by atoms with Gasteiger partial charge in [-0.3, -0.25) is 4.21 Å². The molecule has 0 spiro atoms. The van der Waals surface area contributed by atoms with Crippen LogP contribution in [0.3, 0.4) is 0 Å². The van der Waals surface area contributed by atoms with Gasteiger partial charge in [-0.2, -0.15) is 0 Å². The van der Waals surface area contributed by atoms with Gasteiger partial charge in [0.1, 0.15) is 0 Å². The molecule has 2 aliphatic rings. The van der Waals surface area contributed by atoms with Gasteiger partial charge in [0, 0.05) is 40.9 Å². The first kappa shape index (κ1) is 9.62. The molecule has 1 heterocycles. The SMILES string of the molecule is O=S(CCNC1CCNC1)C1CC1. The summed E-state index contributed by atoms with van der Waals surface area (Å²) in [6, 6.07) is 0.621. The predicted molar refractivity (Wildman–Crippen MR) is 55.3 cm³/mol. The molecule has 2 atom stereocenters. The molecule has 13 heavy (non-hydrogen) atoms. The summed E-state index contributed by atoms with van der Waals surface area (Å²) >= 11 is 0. The maximum atomic E-state index is 11.4. The minimum Gasteiger partial charge on any atom is -0.315 e. The summed E-state index contributed by atoms with van der Waals surface area (Å²) < 4.78 is 11.4. The fourth-order valence-electron chi connectivity index (χ4n) is 1.69. The van der Waals surface area contributed by atoms with Gasteiger partial charge < -0.3 is 10.6 Å². The molecule has 2 N–H and O–H groups in total. The van der Waals surface area contributed by atoms with Gasteiger partial charge in [0.2, 0.25) is 0 Å². The summed E-state index contributed by atoms with van der Waals surface area (Å²) in [5.74, 6) is 0.848. The average molecular weight is 202 g/mol. The summed E-state index contributed by atoms with van der Waals surface area (Å²) in [4.78, 5) is 0. The third-order valence-corrected chi connectivity index (χ3v) is 4.51. The minimum atomic E-state index is -0.544. The zero-order valence-corrected chi connectivity index (χ0v) is 8.74. The number of hydrogen-bond donors (Lipinski definition) is 2. The number of nitrogens with one attached hydrogen (secondary N) is 2. The van der Waals surface area contributed by atoms with Crippen molar-refractivity contribution in [3.63, 3.8) is 0 Å². The van der Waals surface area contributed by atoms with Crippen molar-refractivity contribution in [3.05, 3.63) is 0 Å². The predicted octanol–water partition coefficient (Wildman–Crippen LogP) is -0.151. The molecule has 0 bridgehead atoms. The number of hydrogen-bond acceptors (Lipinski definition) is 3. The van der Waals surface area contributed by atoms with Crippen LogP contribution in [0.4, 0.5) is 0 Å². The first-order valence-electron chi connectivity index (χ1n) is 5.17. The van der Waals surface area contributed by atoms with Gasteiger partial charge in [-0.05, 0) is 25.8 Å². The Labute approximate surface area is 82.1 Å². The van der Waals surface area contributed by atoms with Crippen molar-refractivity contribution < 1.29 is 4.21 Å². The Hall–Kier alpha value is 0.0700. The fourth-order valence-corrected chi connectivity index (χ4v) is 3.00. The second-order valence-corrected chi connectivity index (χ2v) is 5.76. The molecule has 1 aliphatic carbocycles. The standard InChI is InChI=1S/C9H18N2OS/c12-13(9-1-2-9)6-5-11-8-3-4-10-7-8/h8-11H,1-7H2. The lowest BCUT2D eigenvalue weighted by molar-refractivity contribution is 0.567. The molecule has 1 aliphatic heterocycles. The molecule has 0 aromatic rings. The smallest absolute Gasteiger partial charge is 0.0362 e. The van der Waals surface area contributed by atoms with Gasteiger partial charge >= 0.3 is 0 Å². The number of rotatable bonds is 5. The van der Waals surface area contributed by atoms with Crippen LogP contribution in [-0.2, 0) is 10.8 Å². The van der Waals surface area contributed by atoms with Crippen LogP contribution in [0.1, 0.15) is 19.3 Å². The quantitative estimate of drug-likeness (QED) is 0.651. The lowest BCUT2D eigenvalue weighted by atomic mass is 10.3. The van der Waals surface area contributed by atoms with Gasteiger partial charge in [-0.25, -0.2) is 0 Å². The first-order valence-corrected chi connectivity index (χ1v) is 6.56. The van der Waals surface area contributed by atoms with Gasteiger partial charge in [0.05, 0.1) is 0 Å². The average Bonchev–Trinajstić information content (AvgIpc) is 2.86. The van der Waals surface area contributed by atoms with Crippen molar-refractivity contribution in [2.24, 2.45) is 0 Å². The van der Waals surface area contributed by atoms with Crippen LogP contribution in [0.5, 0.6) is 0 Å². The highest BCUT2D eigenvalue weighted by Crippen LogP contribution is 2.25. The molecule has 1 saturated heterocycles. The summed E-state index contributed by atoms with van der Waals surface area (Å²) in [5.41, 5.74) is 0. The third-order valence-electron chi connectivity index (χ3n) is 2.69. The zero-order valence-electron chi connectivity index (χ0n) is 7.92. The highest BCUT2D eigenvalue weighted by Gasteiger charge is 2.27. The van der Waals surface area contributed by atoms with Crippen molar-refractivity contribution in [3.8, 4) is 0 Å². The van der Waals surface area contributed by atoms with Crippen LogP contribution in [-0.4, -0.2) is 40.9 Å². The van der Waals surface area contributed by atoms with Crippen LogP contribution < -0.4 is 10.6 Å². The van der Waals surface area contributed by atoms with Crippen molar-refractivity contribution in [1.82, 2.24) is 10.6 Å². The normalized spacial score (nSPS) is 30.6. The summed E-state index contributed by atoms with van der Waals surface area (Å²) in [7, 11) is -0.544. The van der Waals surface area contributed by atoms with E-state index >= 15 is 0 Å². The van der Waals surface area contributed by atoms with E-state index in [0.29, 0.717) is 11.3 Å². The molecule has 76 valence electrons. The molecule has 1 saturated carbocycles. The molecule has 0 aromatic heterocycles. The van der Waals surface area contributed by atoms with Gasteiger partial charge in [0.25, 0.3) is 0 Å². The Morgan fingerprint density at radius 2 is 2.23 bits per heavy atom. The topological polar surface area (TPSA) is 41.1 Å². The Balaban J connectivity index is 1.54. The van der Waals surface area contributed by atoms with Crippen LogP contribution in [0.2, 0.25) is 0 Å². The molecular formula is C9H18N2OS. The molecule has 0 amide bonds. The van der Waals surface area contributed by atoms with Crippen molar-refractivity contribution in [2.75, 3.05) is 25.4 Å². The molecule has 4 heteroatoms. The van der Waals surface area contributed by atoms with E-state index in [4.69, 9.17) is 0 Å². The van der Waals surface area contributed by atoms with E-state index in [2.05, 4.69) is 10.6 Å². The van der Waals surface area contributed by atoms with Gasteiger partial charge in [-0.1, -0.05) is 0 Å². The van der Waals surface area contributed by atoms with Crippen molar-refractivity contribution >= 4 is 10.8 Å². The van der Waals surface area contributed by atoms with Crippen LogP contribution in [0.25, 0.3) is 0 Å². The van der Waals surface area contributed by atoms with E-state index in [0.717, 1.165) is 25.4 Å². The van der Waals surface area contributed by atoms with Crippen LogP contribution >= 0.6 is 0 Å². The van der Waals surface area contributed by atoms with E-state index in [1.165, 1.54) is 19.3 Å². The molecule has 2 unspecified atom stereocenters.